The van der Waals surface area contributed by atoms with Crippen LogP contribution in [0.3, 0.4) is 0 Å². The molecule has 0 aliphatic heterocycles. The Morgan fingerprint density at radius 3 is 2.30 bits per heavy atom. The summed E-state index contributed by atoms with van der Waals surface area (Å²) in [6.07, 6.45) is 0. The standard InChI is InChI=1S/C13H21N3O4/c1-5-15(6-2)9(17)7-16-12(19)10(8(3)4)11(18)14-13(16)20/h8,19H,5-7H2,1-4H3,(H,14,18,20). The second-order valence-corrected chi connectivity index (χ2v) is 4.80. The van der Waals surface area contributed by atoms with Crippen molar-refractivity contribution in [1.82, 2.24) is 14.5 Å². The lowest BCUT2D eigenvalue weighted by atomic mass is 10.1. The Labute approximate surface area is 116 Å². The molecule has 7 nitrogen and oxygen atoms in total. The Bertz CT molecular complexity index is 597. The first-order valence-electron chi connectivity index (χ1n) is 6.67. The Morgan fingerprint density at radius 2 is 1.85 bits per heavy atom. The molecule has 1 aromatic heterocycles. The summed E-state index contributed by atoms with van der Waals surface area (Å²) in [7, 11) is 0. The summed E-state index contributed by atoms with van der Waals surface area (Å²) in [5, 5.41) is 10.1. The molecule has 1 amide bonds. The van der Waals surface area contributed by atoms with Gasteiger partial charge in [0.05, 0.1) is 5.56 Å². The summed E-state index contributed by atoms with van der Waals surface area (Å²) in [6, 6.07) is 0. The normalized spacial score (nSPS) is 10.8. The maximum Gasteiger partial charge on any atom is 0.331 e. The highest BCUT2D eigenvalue weighted by molar-refractivity contribution is 5.76. The molecule has 0 bridgehead atoms. The smallest absolute Gasteiger partial charge is 0.331 e. The summed E-state index contributed by atoms with van der Waals surface area (Å²) >= 11 is 0. The van der Waals surface area contributed by atoms with Crippen LogP contribution in [-0.2, 0) is 11.3 Å². The Balaban J connectivity index is 3.26. The van der Waals surface area contributed by atoms with E-state index in [2.05, 4.69) is 4.98 Å². The highest BCUT2D eigenvalue weighted by Gasteiger charge is 2.20. The highest BCUT2D eigenvalue weighted by atomic mass is 16.3. The van der Waals surface area contributed by atoms with E-state index in [0.29, 0.717) is 13.1 Å². The van der Waals surface area contributed by atoms with Crippen molar-refractivity contribution in [2.75, 3.05) is 13.1 Å². The SMILES string of the molecule is CCN(CC)C(=O)Cn1c(O)c(C(C)C)c(=O)[nH]c1=O. The molecule has 0 aliphatic carbocycles. The number of aromatic nitrogens is 2. The third-order valence-corrected chi connectivity index (χ3v) is 3.19. The molecular weight excluding hydrogens is 262 g/mol. The van der Waals surface area contributed by atoms with Crippen LogP contribution in [0.1, 0.15) is 39.2 Å². The molecule has 2 N–H and O–H groups in total. The summed E-state index contributed by atoms with van der Waals surface area (Å²) in [4.78, 5) is 39.1. The van der Waals surface area contributed by atoms with Gasteiger partial charge in [0.1, 0.15) is 6.54 Å². The molecule has 0 saturated carbocycles. The van der Waals surface area contributed by atoms with Crippen molar-refractivity contribution in [2.45, 2.75) is 40.2 Å². The average Bonchev–Trinajstić information content (AvgIpc) is 2.35. The molecule has 20 heavy (non-hydrogen) atoms. The van der Waals surface area contributed by atoms with E-state index in [4.69, 9.17) is 0 Å². The third kappa shape index (κ3) is 3.09. The van der Waals surface area contributed by atoms with Gasteiger partial charge in [0.15, 0.2) is 0 Å². The number of likely N-dealkylation sites (N-methyl/N-ethyl adjacent to an activating group) is 1. The number of hydrogen-bond acceptors (Lipinski definition) is 4. The highest BCUT2D eigenvalue weighted by Crippen LogP contribution is 2.19. The first-order chi connectivity index (χ1) is 9.33. The Kier molecular flexibility index (Phi) is 5.12. The van der Waals surface area contributed by atoms with E-state index >= 15 is 0 Å². The van der Waals surface area contributed by atoms with Gasteiger partial charge in [-0.15, -0.1) is 0 Å². The molecule has 0 fully saturated rings. The van der Waals surface area contributed by atoms with Crippen molar-refractivity contribution in [3.05, 3.63) is 26.4 Å². The van der Waals surface area contributed by atoms with Crippen LogP contribution in [0.2, 0.25) is 0 Å². The number of nitrogens with one attached hydrogen (secondary N) is 1. The summed E-state index contributed by atoms with van der Waals surface area (Å²) in [5.41, 5.74) is -1.29. The van der Waals surface area contributed by atoms with Gasteiger partial charge >= 0.3 is 5.69 Å². The average molecular weight is 283 g/mol. The van der Waals surface area contributed by atoms with E-state index < -0.39 is 17.1 Å². The zero-order chi connectivity index (χ0) is 15.4. The van der Waals surface area contributed by atoms with Crippen molar-refractivity contribution >= 4 is 5.91 Å². The molecule has 7 heteroatoms. The van der Waals surface area contributed by atoms with Gasteiger partial charge in [-0.3, -0.25) is 19.1 Å². The monoisotopic (exact) mass is 283 g/mol. The summed E-state index contributed by atoms with van der Waals surface area (Å²) in [6.45, 7) is 7.86. The number of carbonyl (C=O) groups is 1. The predicted octanol–water partition coefficient (Wildman–Crippen LogP) is 0.234. The molecule has 0 aromatic carbocycles. The zero-order valence-corrected chi connectivity index (χ0v) is 12.3. The molecule has 0 atom stereocenters. The van der Waals surface area contributed by atoms with Gasteiger partial charge in [-0.2, -0.15) is 0 Å². The summed E-state index contributed by atoms with van der Waals surface area (Å²) < 4.78 is 0.900. The van der Waals surface area contributed by atoms with Crippen LogP contribution in [0.25, 0.3) is 0 Å². The largest absolute Gasteiger partial charge is 0.494 e. The molecule has 1 aromatic rings. The van der Waals surface area contributed by atoms with Gasteiger partial charge in [-0.1, -0.05) is 13.8 Å². The summed E-state index contributed by atoms with van der Waals surface area (Å²) in [5.74, 6) is -0.974. The minimum absolute atomic E-state index is 0.108. The van der Waals surface area contributed by atoms with E-state index in [0.717, 1.165) is 4.57 Å². The van der Waals surface area contributed by atoms with Gasteiger partial charge in [0, 0.05) is 13.1 Å². The number of rotatable bonds is 5. The van der Waals surface area contributed by atoms with Crippen molar-refractivity contribution in [2.24, 2.45) is 0 Å². The van der Waals surface area contributed by atoms with Gasteiger partial charge in [0.2, 0.25) is 11.8 Å². The minimum atomic E-state index is -0.780. The van der Waals surface area contributed by atoms with Crippen molar-refractivity contribution in [3.63, 3.8) is 0 Å². The predicted molar refractivity (Wildman–Crippen MR) is 75.0 cm³/mol. The number of aromatic amines is 1. The Morgan fingerprint density at radius 1 is 1.30 bits per heavy atom. The second-order valence-electron chi connectivity index (χ2n) is 4.80. The van der Waals surface area contributed by atoms with Crippen LogP contribution in [0, 0.1) is 0 Å². The molecule has 0 aliphatic rings. The van der Waals surface area contributed by atoms with Gasteiger partial charge < -0.3 is 10.0 Å². The quantitative estimate of drug-likeness (QED) is 0.809. The van der Waals surface area contributed by atoms with Crippen LogP contribution in [0.15, 0.2) is 9.59 Å². The fraction of sp³-hybridized carbons (Fsp3) is 0.615. The van der Waals surface area contributed by atoms with Crippen molar-refractivity contribution in [1.29, 1.82) is 0 Å². The van der Waals surface area contributed by atoms with Crippen molar-refractivity contribution < 1.29 is 9.90 Å². The van der Waals surface area contributed by atoms with E-state index in [1.54, 1.807) is 18.7 Å². The van der Waals surface area contributed by atoms with Crippen LogP contribution in [-0.4, -0.2) is 38.6 Å². The maximum absolute atomic E-state index is 12.0. The zero-order valence-electron chi connectivity index (χ0n) is 12.3. The number of H-pyrrole nitrogens is 1. The lowest BCUT2D eigenvalue weighted by molar-refractivity contribution is -0.131. The number of nitrogens with zero attached hydrogens (tertiary/aromatic N) is 2. The lowest BCUT2D eigenvalue weighted by Gasteiger charge is -2.20. The molecule has 0 saturated heterocycles. The topological polar surface area (TPSA) is 95.4 Å². The number of carbonyl (C=O) groups excluding carboxylic acids is 1. The molecule has 1 rings (SSSR count). The number of hydrogen-bond donors (Lipinski definition) is 2. The maximum atomic E-state index is 12.0. The number of aromatic hydroxyl groups is 1. The minimum Gasteiger partial charge on any atom is -0.494 e. The van der Waals surface area contributed by atoms with Gasteiger partial charge in [0.25, 0.3) is 5.56 Å². The van der Waals surface area contributed by atoms with E-state index in [1.165, 1.54) is 0 Å². The van der Waals surface area contributed by atoms with E-state index in [9.17, 15) is 19.5 Å². The molecule has 1 heterocycles. The van der Waals surface area contributed by atoms with Gasteiger partial charge in [-0.05, 0) is 19.8 Å². The first-order valence-corrected chi connectivity index (χ1v) is 6.67. The van der Waals surface area contributed by atoms with Crippen LogP contribution in [0.4, 0.5) is 0 Å². The molecule has 0 spiro atoms. The first kappa shape index (κ1) is 16.0. The van der Waals surface area contributed by atoms with E-state index in [-0.39, 0.29) is 23.9 Å². The molecule has 0 unspecified atom stereocenters. The van der Waals surface area contributed by atoms with Crippen LogP contribution in [0.5, 0.6) is 5.88 Å². The van der Waals surface area contributed by atoms with Crippen LogP contribution >= 0.6 is 0 Å². The molecule has 0 radical (unpaired) electrons. The second kappa shape index (κ2) is 6.40. The molecule has 112 valence electrons. The lowest BCUT2D eigenvalue weighted by Crippen LogP contribution is -2.39. The third-order valence-electron chi connectivity index (χ3n) is 3.19. The van der Waals surface area contributed by atoms with Crippen molar-refractivity contribution in [3.8, 4) is 5.88 Å². The molecular formula is C13H21N3O4. The van der Waals surface area contributed by atoms with Gasteiger partial charge in [-0.25, -0.2) is 4.79 Å². The fourth-order valence-electron chi connectivity index (χ4n) is 2.05. The van der Waals surface area contributed by atoms with Crippen LogP contribution < -0.4 is 11.2 Å². The number of amides is 1. The Hall–Kier alpha value is -2.05. The van der Waals surface area contributed by atoms with E-state index in [1.807, 2.05) is 13.8 Å². The fourth-order valence-corrected chi connectivity index (χ4v) is 2.05.